The number of nitrogens with zero attached hydrogens (tertiary/aromatic N) is 3. The molecule has 0 aliphatic carbocycles. The van der Waals surface area contributed by atoms with E-state index in [1.54, 1.807) is 6.21 Å². The quantitative estimate of drug-likeness (QED) is 0.214. The molecule has 34 heavy (non-hydrogen) atoms. The summed E-state index contributed by atoms with van der Waals surface area (Å²) >= 11 is 0. The highest BCUT2D eigenvalue weighted by Gasteiger charge is 2.28. The van der Waals surface area contributed by atoms with E-state index in [1.807, 2.05) is 36.4 Å². The maximum atomic E-state index is 12.9. The van der Waals surface area contributed by atoms with E-state index >= 15 is 0 Å². The Kier molecular flexibility index (Phi) is 9.32. The Hall–Kier alpha value is -3.08. The summed E-state index contributed by atoms with van der Waals surface area (Å²) in [6.45, 7) is 3.17. The summed E-state index contributed by atoms with van der Waals surface area (Å²) in [7, 11) is -3.84. The van der Waals surface area contributed by atoms with Crippen LogP contribution < -0.4 is 5.43 Å². The molecule has 1 saturated heterocycles. The van der Waals surface area contributed by atoms with Crippen LogP contribution in [0.25, 0.3) is 6.08 Å². The lowest BCUT2D eigenvalue weighted by Gasteiger charge is -2.26. The summed E-state index contributed by atoms with van der Waals surface area (Å²) < 4.78 is 32.2. The van der Waals surface area contributed by atoms with Gasteiger partial charge in [-0.2, -0.15) is 9.41 Å². The van der Waals surface area contributed by atoms with Crippen molar-refractivity contribution in [2.75, 3.05) is 31.7 Å². The lowest BCUT2D eigenvalue weighted by Crippen LogP contribution is -2.40. The van der Waals surface area contributed by atoms with E-state index in [0.29, 0.717) is 13.2 Å². The molecule has 9 nitrogen and oxygen atoms in total. The predicted octanol–water partition coefficient (Wildman–Crippen LogP) is 4.68. The molecule has 1 N–H and O–H groups in total. The summed E-state index contributed by atoms with van der Waals surface area (Å²) in [4.78, 5) is 10.9. The number of sulfonamides is 1. The highest BCUT2D eigenvalue weighted by molar-refractivity contribution is 7.89. The Morgan fingerprint density at radius 1 is 1.18 bits per heavy atom. The number of allylic oxidation sites excluding steroid dienone is 1. The normalized spacial score (nSPS) is 15.5. The second kappa shape index (κ2) is 12.4. The van der Waals surface area contributed by atoms with Crippen LogP contribution in [-0.4, -0.2) is 50.2 Å². The van der Waals surface area contributed by atoms with Crippen molar-refractivity contribution in [1.29, 1.82) is 0 Å². The lowest BCUT2D eigenvalue weighted by atomic mass is 10.1. The molecule has 1 heterocycles. The molecule has 0 bridgehead atoms. The van der Waals surface area contributed by atoms with Crippen LogP contribution in [0.2, 0.25) is 0 Å². The molecule has 0 spiro atoms. The Balaban J connectivity index is 1.80. The molecule has 3 rings (SSSR count). The Labute approximate surface area is 200 Å². The number of nitrogens with one attached hydrogen (secondary N) is 1. The van der Waals surface area contributed by atoms with E-state index in [1.165, 1.54) is 16.4 Å². The molecule has 0 radical (unpaired) electrons. The van der Waals surface area contributed by atoms with Gasteiger partial charge in [0.1, 0.15) is 5.69 Å². The van der Waals surface area contributed by atoms with Gasteiger partial charge < -0.3 is 4.74 Å². The van der Waals surface area contributed by atoms with Crippen LogP contribution in [0.15, 0.2) is 64.1 Å². The average molecular weight is 487 g/mol. The molecule has 182 valence electrons. The van der Waals surface area contributed by atoms with Crippen LogP contribution in [0, 0.1) is 10.1 Å². The molecular formula is C24H30N4O5S. The van der Waals surface area contributed by atoms with Crippen molar-refractivity contribution in [3.8, 4) is 0 Å². The van der Waals surface area contributed by atoms with Crippen molar-refractivity contribution in [3.63, 3.8) is 0 Å². The smallest absolute Gasteiger partial charge is 0.295 e. The minimum Gasteiger partial charge on any atom is -0.379 e. The lowest BCUT2D eigenvalue weighted by molar-refractivity contribution is -0.384. The molecule has 0 unspecified atom stereocenters. The summed E-state index contributed by atoms with van der Waals surface area (Å²) in [5, 5.41) is 15.9. The highest BCUT2D eigenvalue weighted by Crippen LogP contribution is 2.29. The largest absolute Gasteiger partial charge is 0.379 e. The molecule has 1 aliphatic rings. The first-order chi connectivity index (χ1) is 16.4. The number of nitro groups is 1. The summed E-state index contributed by atoms with van der Waals surface area (Å²) in [5.74, 6) is 0. The number of hydrogen-bond acceptors (Lipinski definition) is 7. The van der Waals surface area contributed by atoms with Crippen LogP contribution in [0.4, 0.5) is 11.4 Å². The van der Waals surface area contributed by atoms with Crippen LogP contribution in [0.3, 0.4) is 0 Å². The zero-order valence-corrected chi connectivity index (χ0v) is 20.0. The van der Waals surface area contributed by atoms with Crippen molar-refractivity contribution in [2.45, 2.75) is 37.5 Å². The number of ether oxygens (including phenoxy) is 1. The van der Waals surface area contributed by atoms with Gasteiger partial charge in [-0.05, 0) is 36.1 Å². The molecule has 10 heteroatoms. The van der Waals surface area contributed by atoms with Gasteiger partial charge in [-0.15, -0.1) is 0 Å². The minimum absolute atomic E-state index is 0.120. The van der Waals surface area contributed by atoms with Crippen molar-refractivity contribution in [2.24, 2.45) is 5.10 Å². The maximum Gasteiger partial charge on any atom is 0.295 e. The number of anilines is 1. The average Bonchev–Trinajstić information content (AvgIpc) is 2.85. The summed E-state index contributed by atoms with van der Waals surface area (Å²) in [6.07, 6.45) is 7.72. The van der Waals surface area contributed by atoms with Crippen molar-refractivity contribution in [3.05, 3.63) is 69.8 Å². The van der Waals surface area contributed by atoms with Crippen LogP contribution in [0.5, 0.6) is 0 Å². The molecule has 2 aromatic carbocycles. The van der Waals surface area contributed by atoms with Gasteiger partial charge in [0.25, 0.3) is 5.69 Å². The van der Waals surface area contributed by atoms with E-state index < -0.39 is 14.9 Å². The Bertz CT molecular complexity index is 1130. The van der Waals surface area contributed by atoms with Gasteiger partial charge in [0.15, 0.2) is 0 Å². The van der Waals surface area contributed by atoms with Gasteiger partial charge in [-0.25, -0.2) is 8.42 Å². The number of rotatable bonds is 11. The molecule has 1 aliphatic heterocycles. The van der Waals surface area contributed by atoms with E-state index in [4.69, 9.17) is 4.74 Å². The standard InChI is InChI=1S/C24H30N4O5S/c1-2-3-5-10-21(17-20-8-6-4-7-9-20)19-25-26-23-12-11-22(18-24(23)28(29)30)34(31,32)27-13-15-33-16-14-27/h4,6-9,11-12,17-19,26H,2-3,5,10,13-16H2,1H3/b21-17+,25-19+. The van der Waals surface area contributed by atoms with Crippen LogP contribution in [-0.2, 0) is 14.8 Å². The fraction of sp³-hybridized carbons (Fsp3) is 0.375. The maximum absolute atomic E-state index is 12.9. The number of unbranched alkanes of at least 4 members (excludes halogenated alkanes) is 2. The van der Waals surface area contributed by atoms with Gasteiger partial charge in [-0.3, -0.25) is 15.5 Å². The van der Waals surface area contributed by atoms with Gasteiger partial charge >= 0.3 is 0 Å². The highest BCUT2D eigenvalue weighted by atomic mass is 32.2. The van der Waals surface area contributed by atoms with Gasteiger partial charge in [0.05, 0.1) is 29.2 Å². The zero-order valence-electron chi connectivity index (χ0n) is 19.2. The third kappa shape index (κ3) is 6.96. The molecule has 1 fully saturated rings. The molecule has 0 atom stereocenters. The monoisotopic (exact) mass is 486 g/mol. The number of hydrazone groups is 1. The van der Waals surface area contributed by atoms with Crippen molar-refractivity contribution >= 4 is 33.7 Å². The van der Waals surface area contributed by atoms with Crippen LogP contribution >= 0.6 is 0 Å². The van der Waals surface area contributed by atoms with E-state index in [0.717, 1.165) is 42.9 Å². The number of hydrogen-bond donors (Lipinski definition) is 1. The van der Waals surface area contributed by atoms with E-state index in [2.05, 4.69) is 17.5 Å². The second-order valence-electron chi connectivity index (χ2n) is 7.91. The summed E-state index contributed by atoms with van der Waals surface area (Å²) in [5.41, 5.74) is 4.52. The molecule has 0 saturated carbocycles. The SMILES string of the molecule is CCCCCC(/C=N/Nc1ccc(S(=O)(=O)N2CCOCC2)cc1[N+](=O)[O-])=C\c1ccccc1. The van der Waals surface area contributed by atoms with Crippen molar-refractivity contribution in [1.82, 2.24) is 4.31 Å². The van der Waals surface area contributed by atoms with E-state index in [9.17, 15) is 18.5 Å². The summed E-state index contributed by atoms with van der Waals surface area (Å²) in [6, 6.07) is 13.7. The van der Waals surface area contributed by atoms with E-state index in [-0.39, 0.29) is 29.4 Å². The molecule has 0 amide bonds. The zero-order chi connectivity index (χ0) is 24.4. The number of benzene rings is 2. The first-order valence-electron chi connectivity index (χ1n) is 11.3. The Morgan fingerprint density at radius 3 is 2.59 bits per heavy atom. The fourth-order valence-corrected chi connectivity index (χ4v) is 4.98. The van der Waals surface area contributed by atoms with Gasteiger partial charge in [0.2, 0.25) is 10.0 Å². The second-order valence-corrected chi connectivity index (χ2v) is 9.85. The van der Waals surface area contributed by atoms with Gasteiger partial charge in [-0.1, -0.05) is 56.2 Å². The Morgan fingerprint density at radius 2 is 1.91 bits per heavy atom. The van der Waals surface area contributed by atoms with Gasteiger partial charge in [0, 0.05) is 19.2 Å². The van der Waals surface area contributed by atoms with Crippen LogP contribution in [0.1, 0.15) is 38.2 Å². The number of morpholine rings is 1. The topological polar surface area (TPSA) is 114 Å². The van der Waals surface area contributed by atoms with Crippen molar-refractivity contribution < 1.29 is 18.1 Å². The fourth-order valence-electron chi connectivity index (χ4n) is 3.55. The first kappa shape index (κ1) is 25.5. The predicted molar refractivity (Wildman–Crippen MR) is 133 cm³/mol. The number of nitro benzene ring substituents is 1. The first-order valence-corrected chi connectivity index (χ1v) is 12.8. The minimum atomic E-state index is -3.84. The third-order valence-corrected chi connectivity index (χ3v) is 7.30. The molecule has 0 aromatic heterocycles. The molecular weight excluding hydrogens is 456 g/mol. The third-order valence-electron chi connectivity index (χ3n) is 5.41. The molecule has 2 aromatic rings.